The van der Waals surface area contributed by atoms with Crippen molar-refractivity contribution in [2.45, 2.75) is 97.3 Å². The Bertz CT molecular complexity index is 928. The molecule has 1 aromatic heterocycles. The molecule has 0 saturated carbocycles. The van der Waals surface area contributed by atoms with E-state index in [4.69, 9.17) is 9.72 Å². The van der Waals surface area contributed by atoms with Crippen LogP contribution < -0.4 is 4.74 Å². The van der Waals surface area contributed by atoms with Crippen molar-refractivity contribution < 1.29 is 4.74 Å². The smallest absolute Gasteiger partial charge is 0.119 e. The molecule has 0 amide bonds. The second kappa shape index (κ2) is 16.1. The zero-order valence-corrected chi connectivity index (χ0v) is 22.1. The van der Waals surface area contributed by atoms with Crippen LogP contribution in [0, 0.1) is 0 Å². The fraction of sp³-hybridized carbons (Fsp3) is 0.485. The Morgan fingerprint density at radius 3 is 1.74 bits per heavy atom. The van der Waals surface area contributed by atoms with Crippen molar-refractivity contribution in [2.75, 3.05) is 6.61 Å². The molecule has 0 atom stereocenters. The minimum Gasteiger partial charge on any atom is -0.494 e. The van der Waals surface area contributed by atoms with Gasteiger partial charge in [0.25, 0.3) is 0 Å². The molecule has 0 bridgehead atoms. The van der Waals surface area contributed by atoms with E-state index < -0.39 is 0 Å². The SMILES string of the molecule is CCCCCCCCOc1ccc(-c2ccc(-c3ccc(CCCCCCCC)cc3)cn2)cc1. The maximum Gasteiger partial charge on any atom is 0.119 e. The third-order valence-electron chi connectivity index (χ3n) is 6.79. The van der Waals surface area contributed by atoms with Gasteiger partial charge in [0.1, 0.15) is 5.75 Å². The molecule has 0 fully saturated rings. The molecule has 35 heavy (non-hydrogen) atoms. The Labute approximate surface area is 214 Å². The normalized spacial score (nSPS) is 11.0. The van der Waals surface area contributed by atoms with Crippen LogP contribution in [-0.4, -0.2) is 11.6 Å². The first kappa shape index (κ1) is 27.0. The van der Waals surface area contributed by atoms with Crippen molar-refractivity contribution in [3.8, 4) is 28.1 Å². The average molecular weight is 472 g/mol. The van der Waals surface area contributed by atoms with Crippen molar-refractivity contribution in [1.82, 2.24) is 4.98 Å². The molecular formula is C33H45NO. The zero-order valence-electron chi connectivity index (χ0n) is 22.1. The van der Waals surface area contributed by atoms with Gasteiger partial charge in [-0.15, -0.1) is 0 Å². The quantitative estimate of drug-likeness (QED) is 0.183. The number of ether oxygens (including phenoxy) is 1. The predicted octanol–water partition coefficient (Wildman–Crippen LogP) is 10.1. The second-order valence-corrected chi connectivity index (χ2v) is 9.79. The Kier molecular flexibility index (Phi) is 12.4. The molecule has 0 aliphatic carbocycles. The van der Waals surface area contributed by atoms with Gasteiger partial charge < -0.3 is 4.74 Å². The molecule has 1 heterocycles. The number of hydrogen-bond acceptors (Lipinski definition) is 2. The molecule has 0 unspecified atom stereocenters. The summed E-state index contributed by atoms with van der Waals surface area (Å²) in [4.78, 5) is 4.73. The van der Waals surface area contributed by atoms with E-state index in [0.717, 1.165) is 30.0 Å². The van der Waals surface area contributed by atoms with Gasteiger partial charge in [-0.2, -0.15) is 0 Å². The molecule has 2 nitrogen and oxygen atoms in total. The van der Waals surface area contributed by atoms with E-state index in [-0.39, 0.29) is 0 Å². The Hall–Kier alpha value is -2.61. The molecule has 0 N–H and O–H groups in total. The van der Waals surface area contributed by atoms with Gasteiger partial charge in [-0.25, -0.2) is 0 Å². The third kappa shape index (κ3) is 9.88. The number of rotatable bonds is 17. The minimum absolute atomic E-state index is 0.802. The van der Waals surface area contributed by atoms with Crippen LogP contribution in [-0.2, 0) is 6.42 Å². The lowest BCUT2D eigenvalue weighted by molar-refractivity contribution is 0.304. The van der Waals surface area contributed by atoms with E-state index in [1.807, 2.05) is 6.20 Å². The third-order valence-corrected chi connectivity index (χ3v) is 6.79. The molecule has 188 valence electrons. The van der Waals surface area contributed by atoms with E-state index in [1.54, 1.807) is 0 Å². The molecule has 0 spiro atoms. The highest BCUT2D eigenvalue weighted by molar-refractivity contribution is 5.67. The highest BCUT2D eigenvalue weighted by Gasteiger charge is 2.04. The van der Waals surface area contributed by atoms with Gasteiger partial charge in [-0.3, -0.25) is 4.98 Å². The molecule has 2 aromatic carbocycles. The van der Waals surface area contributed by atoms with Crippen LogP contribution in [0.25, 0.3) is 22.4 Å². The van der Waals surface area contributed by atoms with Crippen LogP contribution in [0.4, 0.5) is 0 Å². The minimum atomic E-state index is 0.802. The van der Waals surface area contributed by atoms with E-state index in [2.05, 4.69) is 74.5 Å². The summed E-state index contributed by atoms with van der Waals surface area (Å²) >= 11 is 0. The Balaban J connectivity index is 1.43. The number of aromatic nitrogens is 1. The largest absolute Gasteiger partial charge is 0.494 e. The number of unbranched alkanes of at least 4 members (excludes halogenated alkanes) is 10. The number of pyridine rings is 1. The highest BCUT2D eigenvalue weighted by atomic mass is 16.5. The van der Waals surface area contributed by atoms with Crippen molar-refractivity contribution in [3.63, 3.8) is 0 Å². The van der Waals surface area contributed by atoms with E-state index >= 15 is 0 Å². The first-order valence-corrected chi connectivity index (χ1v) is 14.1. The topological polar surface area (TPSA) is 22.1 Å². The molecular weight excluding hydrogens is 426 g/mol. The summed E-state index contributed by atoms with van der Waals surface area (Å²) in [5.41, 5.74) is 5.95. The lowest BCUT2D eigenvalue weighted by Crippen LogP contribution is -1.97. The fourth-order valence-electron chi connectivity index (χ4n) is 4.50. The molecule has 0 aliphatic rings. The molecule has 0 saturated heterocycles. The monoisotopic (exact) mass is 471 g/mol. The highest BCUT2D eigenvalue weighted by Crippen LogP contribution is 2.25. The fourth-order valence-corrected chi connectivity index (χ4v) is 4.50. The van der Waals surface area contributed by atoms with Gasteiger partial charge in [-0.05, 0) is 60.7 Å². The standard InChI is InChI=1S/C33H45NO/c1-3-5-7-9-11-13-15-28-16-18-29(19-17-28)31-22-25-33(34-27-31)30-20-23-32(24-21-30)35-26-14-12-10-8-6-4-2/h16-25,27H,3-15,26H2,1-2H3. The van der Waals surface area contributed by atoms with Crippen LogP contribution in [0.3, 0.4) is 0 Å². The number of benzene rings is 2. The van der Waals surface area contributed by atoms with Gasteiger partial charge in [0.15, 0.2) is 0 Å². The van der Waals surface area contributed by atoms with Gasteiger partial charge >= 0.3 is 0 Å². The lowest BCUT2D eigenvalue weighted by Gasteiger charge is -2.08. The van der Waals surface area contributed by atoms with Gasteiger partial charge in [0.2, 0.25) is 0 Å². The second-order valence-electron chi connectivity index (χ2n) is 9.79. The van der Waals surface area contributed by atoms with Gasteiger partial charge in [-0.1, -0.05) is 108 Å². The van der Waals surface area contributed by atoms with E-state index in [0.29, 0.717) is 0 Å². The predicted molar refractivity (Wildman–Crippen MR) is 151 cm³/mol. The van der Waals surface area contributed by atoms with Crippen molar-refractivity contribution >= 4 is 0 Å². The summed E-state index contributed by atoms with van der Waals surface area (Å²) in [5, 5.41) is 0. The first-order valence-electron chi connectivity index (χ1n) is 14.1. The van der Waals surface area contributed by atoms with Crippen molar-refractivity contribution in [1.29, 1.82) is 0 Å². The summed E-state index contributed by atoms with van der Waals surface area (Å²) in [6.07, 6.45) is 19.0. The average Bonchev–Trinajstić information content (AvgIpc) is 2.91. The van der Waals surface area contributed by atoms with Gasteiger partial charge in [0, 0.05) is 17.3 Å². The number of aryl methyl sites for hydroxylation is 1. The number of hydrogen-bond donors (Lipinski definition) is 0. The van der Waals surface area contributed by atoms with Crippen LogP contribution >= 0.6 is 0 Å². The Morgan fingerprint density at radius 1 is 0.543 bits per heavy atom. The van der Waals surface area contributed by atoms with Crippen molar-refractivity contribution in [2.24, 2.45) is 0 Å². The van der Waals surface area contributed by atoms with Crippen molar-refractivity contribution in [3.05, 3.63) is 72.4 Å². The summed E-state index contributed by atoms with van der Waals surface area (Å²) in [6.45, 7) is 5.33. The molecule has 3 rings (SSSR count). The maximum absolute atomic E-state index is 5.92. The van der Waals surface area contributed by atoms with Crippen LogP contribution in [0.2, 0.25) is 0 Å². The first-order chi connectivity index (χ1) is 17.3. The van der Waals surface area contributed by atoms with E-state index in [1.165, 1.54) is 93.7 Å². The van der Waals surface area contributed by atoms with E-state index in [9.17, 15) is 0 Å². The summed E-state index contributed by atoms with van der Waals surface area (Å²) < 4.78 is 5.92. The van der Waals surface area contributed by atoms with Crippen LogP contribution in [0.1, 0.15) is 96.5 Å². The maximum atomic E-state index is 5.92. The number of nitrogens with zero attached hydrogens (tertiary/aromatic N) is 1. The molecule has 0 aliphatic heterocycles. The molecule has 3 aromatic rings. The van der Waals surface area contributed by atoms with Crippen LogP contribution in [0.5, 0.6) is 5.75 Å². The molecule has 2 heteroatoms. The van der Waals surface area contributed by atoms with Gasteiger partial charge in [0.05, 0.1) is 12.3 Å². The zero-order chi connectivity index (χ0) is 24.6. The summed E-state index contributed by atoms with van der Waals surface area (Å²) in [6, 6.07) is 21.6. The molecule has 0 radical (unpaired) electrons. The Morgan fingerprint density at radius 2 is 1.11 bits per heavy atom. The lowest BCUT2D eigenvalue weighted by atomic mass is 10.0. The van der Waals surface area contributed by atoms with Crippen LogP contribution in [0.15, 0.2) is 66.9 Å². The summed E-state index contributed by atoms with van der Waals surface area (Å²) in [7, 11) is 0. The summed E-state index contributed by atoms with van der Waals surface area (Å²) in [5.74, 6) is 0.944.